The first-order chi connectivity index (χ1) is 10.1. The minimum atomic E-state index is 0.818. The van der Waals surface area contributed by atoms with Crippen molar-refractivity contribution in [1.29, 1.82) is 0 Å². The van der Waals surface area contributed by atoms with E-state index in [1.807, 2.05) is 25.1 Å². The molecular weight excluding hydrogens is 344 g/mol. The monoisotopic (exact) mass is 358 g/mol. The lowest BCUT2D eigenvalue weighted by molar-refractivity contribution is 1.23. The fourth-order valence-electron chi connectivity index (χ4n) is 2.30. The van der Waals surface area contributed by atoms with Crippen LogP contribution < -0.4 is 5.73 Å². The first kappa shape index (κ1) is 14.4. The molecule has 0 fully saturated rings. The van der Waals surface area contributed by atoms with Crippen molar-refractivity contribution in [2.45, 2.75) is 17.6 Å². The average Bonchev–Trinajstić information content (AvgIpc) is 2.47. The quantitative estimate of drug-likeness (QED) is 0.517. The predicted octanol–water partition coefficient (Wildman–Crippen LogP) is 5.18. The van der Waals surface area contributed by atoms with Crippen molar-refractivity contribution in [2.24, 2.45) is 0 Å². The smallest absolute Gasteiger partial charge is 0.0708 e. The molecule has 0 saturated carbocycles. The molecule has 2 nitrogen and oxygen atoms in total. The van der Waals surface area contributed by atoms with Crippen LogP contribution in [0.3, 0.4) is 0 Å². The Morgan fingerprint density at radius 1 is 1.14 bits per heavy atom. The number of aryl methyl sites for hydroxylation is 1. The molecule has 0 aliphatic rings. The van der Waals surface area contributed by atoms with Gasteiger partial charge in [0.05, 0.1) is 5.52 Å². The van der Waals surface area contributed by atoms with E-state index in [0.29, 0.717) is 0 Å². The highest BCUT2D eigenvalue weighted by Crippen LogP contribution is 2.32. The number of fused-ring (bicyclic) bond motifs is 1. The third kappa shape index (κ3) is 3.22. The molecule has 3 rings (SSSR count). The fraction of sp³-hybridized carbons (Fsp3) is 0.118. The molecule has 0 aliphatic heterocycles. The maximum atomic E-state index is 6.04. The van der Waals surface area contributed by atoms with Gasteiger partial charge in [0.1, 0.15) is 0 Å². The third-order valence-electron chi connectivity index (χ3n) is 3.29. The fourth-order valence-corrected chi connectivity index (χ4v) is 3.81. The number of benzene rings is 2. The van der Waals surface area contributed by atoms with E-state index in [4.69, 9.17) is 5.73 Å². The van der Waals surface area contributed by atoms with Crippen LogP contribution in [0, 0.1) is 6.92 Å². The topological polar surface area (TPSA) is 38.9 Å². The van der Waals surface area contributed by atoms with Crippen LogP contribution in [0.2, 0.25) is 0 Å². The Morgan fingerprint density at radius 3 is 2.81 bits per heavy atom. The van der Waals surface area contributed by atoms with Gasteiger partial charge >= 0.3 is 0 Å². The van der Waals surface area contributed by atoms with Gasteiger partial charge in [0.25, 0.3) is 0 Å². The zero-order valence-corrected chi connectivity index (χ0v) is 14.0. The van der Waals surface area contributed by atoms with E-state index >= 15 is 0 Å². The number of nitrogens with zero attached hydrogens (tertiary/aromatic N) is 1. The van der Waals surface area contributed by atoms with Crippen molar-refractivity contribution in [1.82, 2.24) is 4.98 Å². The molecule has 0 amide bonds. The van der Waals surface area contributed by atoms with Crippen LogP contribution >= 0.6 is 27.7 Å². The van der Waals surface area contributed by atoms with Crippen molar-refractivity contribution in [3.63, 3.8) is 0 Å². The van der Waals surface area contributed by atoms with E-state index in [1.54, 1.807) is 11.8 Å². The van der Waals surface area contributed by atoms with Crippen LogP contribution in [-0.2, 0) is 5.75 Å². The van der Waals surface area contributed by atoms with E-state index in [2.05, 4.69) is 51.2 Å². The molecular formula is C17H15BrN2S. The summed E-state index contributed by atoms with van der Waals surface area (Å²) < 4.78 is 1.05. The van der Waals surface area contributed by atoms with Crippen LogP contribution in [0.4, 0.5) is 5.69 Å². The highest BCUT2D eigenvalue weighted by molar-refractivity contribution is 9.10. The number of halogens is 1. The second kappa shape index (κ2) is 6.08. The first-order valence-electron chi connectivity index (χ1n) is 6.66. The number of hydrogen-bond acceptors (Lipinski definition) is 3. The lowest BCUT2D eigenvalue weighted by Gasteiger charge is -2.09. The number of pyridine rings is 1. The molecule has 21 heavy (non-hydrogen) atoms. The molecule has 0 saturated heterocycles. The molecule has 2 aromatic carbocycles. The second-order valence-electron chi connectivity index (χ2n) is 4.91. The summed E-state index contributed by atoms with van der Waals surface area (Å²) in [5.74, 6) is 0.879. The normalized spacial score (nSPS) is 11.0. The summed E-state index contributed by atoms with van der Waals surface area (Å²) in [5.41, 5.74) is 10.3. The zero-order chi connectivity index (χ0) is 14.8. The van der Waals surface area contributed by atoms with E-state index in [-0.39, 0.29) is 0 Å². The van der Waals surface area contributed by atoms with E-state index in [9.17, 15) is 0 Å². The summed E-state index contributed by atoms with van der Waals surface area (Å²) in [6.07, 6.45) is 0. The van der Waals surface area contributed by atoms with Crippen LogP contribution in [0.5, 0.6) is 0 Å². The van der Waals surface area contributed by atoms with Crippen molar-refractivity contribution in [2.75, 3.05) is 5.73 Å². The predicted molar refractivity (Wildman–Crippen MR) is 94.6 cm³/mol. The Bertz CT molecular complexity index is 802. The highest BCUT2D eigenvalue weighted by Gasteiger charge is 2.06. The van der Waals surface area contributed by atoms with Crippen LogP contribution in [0.1, 0.15) is 11.3 Å². The van der Waals surface area contributed by atoms with Crippen molar-refractivity contribution >= 4 is 44.3 Å². The zero-order valence-electron chi connectivity index (χ0n) is 11.6. The van der Waals surface area contributed by atoms with E-state index < -0.39 is 0 Å². The van der Waals surface area contributed by atoms with Gasteiger partial charge in [-0.25, -0.2) is 0 Å². The van der Waals surface area contributed by atoms with Gasteiger partial charge in [0.2, 0.25) is 0 Å². The molecule has 106 valence electrons. The van der Waals surface area contributed by atoms with Crippen molar-refractivity contribution in [3.8, 4) is 0 Å². The number of nitrogen functional groups attached to an aromatic ring is 1. The number of thioether (sulfide) groups is 1. The molecule has 0 unspecified atom stereocenters. The lowest BCUT2D eigenvalue weighted by atomic mass is 10.1. The van der Waals surface area contributed by atoms with Crippen LogP contribution in [0.15, 0.2) is 57.9 Å². The number of nitrogens with two attached hydrogens (primary N) is 1. The summed E-state index contributed by atoms with van der Waals surface area (Å²) >= 11 is 5.25. The summed E-state index contributed by atoms with van der Waals surface area (Å²) in [6, 6.07) is 16.4. The molecule has 0 atom stereocenters. The first-order valence-corrected chi connectivity index (χ1v) is 8.44. The summed E-state index contributed by atoms with van der Waals surface area (Å²) in [4.78, 5) is 5.68. The maximum absolute atomic E-state index is 6.04. The van der Waals surface area contributed by atoms with Gasteiger partial charge in [-0.3, -0.25) is 4.98 Å². The number of aromatic nitrogens is 1. The second-order valence-corrected chi connectivity index (χ2v) is 6.84. The largest absolute Gasteiger partial charge is 0.398 e. The maximum Gasteiger partial charge on any atom is 0.0708 e. The standard InChI is InChI=1S/C17H15BrN2S/c1-11-8-12(14-4-2-3-5-16(14)20-11)10-21-17-9-13(18)6-7-15(17)19/h2-9H,10,19H2,1H3. The van der Waals surface area contributed by atoms with Crippen molar-refractivity contribution < 1.29 is 0 Å². The van der Waals surface area contributed by atoms with Gasteiger partial charge in [-0.1, -0.05) is 34.1 Å². The molecule has 4 heteroatoms. The van der Waals surface area contributed by atoms with Gasteiger partial charge in [0, 0.05) is 31.9 Å². The SMILES string of the molecule is Cc1cc(CSc2cc(Br)ccc2N)c2ccccc2n1. The molecule has 2 N–H and O–H groups in total. The van der Waals surface area contributed by atoms with Gasteiger partial charge in [-0.05, 0) is 42.8 Å². The number of rotatable bonds is 3. The van der Waals surface area contributed by atoms with Gasteiger partial charge in [0.15, 0.2) is 0 Å². The molecule has 0 aliphatic carbocycles. The molecule has 1 aromatic heterocycles. The molecule has 1 heterocycles. The Hall–Kier alpha value is -1.52. The van der Waals surface area contributed by atoms with E-state index in [1.165, 1.54) is 10.9 Å². The lowest BCUT2D eigenvalue weighted by Crippen LogP contribution is -1.92. The summed E-state index contributed by atoms with van der Waals surface area (Å²) in [7, 11) is 0. The summed E-state index contributed by atoms with van der Waals surface area (Å²) in [5, 5.41) is 1.21. The van der Waals surface area contributed by atoms with Crippen LogP contribution in [-0.4, -0.2) is 4.98 Å². The Labute approximate surface area is 136 Å². The highest BCUT2D eigenvalue weighted by atomic mass is 79.9. The molecule has 3 aromatic rings. The molecule has 0 spiro atoms. The Morgan fingerprint density at radius 2 is 1.95 bits per heavy atom. The number of para-hydroxylation sites is 1. The summed E-state index contributed by atoms with van der Waals surface area (Å²) in [6.45, 7) is 2.04. The Balaban J connectivity index is 1.93. The minimum Gasteiger partial charge on any atom is -0.398 e. The Kier molecular flexibility index (Phi) is 4.17. The third-order valence-corrected chi connectivity index (χ3v) is 4.90. The van der Waals surface area contributed by atoms with Gasteiger partial charge < -0.3 is 5.73 Å². The van der Waals surface area contributed by atoms with Crippen LogP contribution in [0.25, 0.3) is 10.9 Å². The molecule has 0 bridgehead atoms. The van der Waals surface area contributed by atoms with Gasteiger partial charge in [-0.15, -0.1) is 11.8 Å². The average molecular weight is 359 g/mol. The minimum absolute atomic E-state index is 0.818. The van der Waals surface area contributed by atoms with Gasteiger partial charge in [-0.2, -0.15) is 0 Å². The molecule has 0 radical (unpaired) electrons. The van der Waals surface area contributed by atoms with E-state index in [0.717, 1.165) is 32.0 Å². The number of anilines is 1. The van der Waals surface area contributed by atoms with Crippen molar-refractivity contribution in [3.05, 3.63) is 64.3 Å². The number of hydrogen-bond donors (Lipinski definition) is 1.